The Labute approximate surface area is 190 Å². The Balaban J connectivity index is 1.42. The molecule has 0 saturated carbocycles. The molecule has 1 aliphatic heterocycles. The molecule has 31 heavy (non-hydrogen) atoms. The first kappa shape index (κ1) is 23.3. The highest BCUT2D eigenvalue weighted by Crippen LogP contribution is 2.18. The van der Waals surface area contributed by atoms with E-state index >= 15 is 0 Å². The minimum absolute atomic E-state index is 0.152. The molecule has 0 aliphatic carbocycles. The van der Waals surface area contributed by atoms with Gasteiger partial charge in [0.15, 0.2) is 0 Å². The second kappa shape index (κ2) is 11.9. The molecule has 0 radical (unpaired) electrons. The van der Waals surface area contributed by atoms with Crippen molar-refractivity contribution in [3.8, 4) is 5.75 Å². The number of likely N-dealkylation sites (N-methyl/N-ethyl adjacent to an activating group) is 1. The quantitative estimate of drug-likeness (QED) is 0.582. The molecule has 5 nitrogen and oxygen atoms in total. The lowest BCUT2D eigenvalue weighted by Gasteiger charge is -2.31. The van der Waals surface area contributed by atoms with Crippen LogP contribution < -0.4 is 10.1 Å². The number of nitrogens with zero attached hydrogens (tertiary/aromatic N) is 1. The van der Waals surface area contributed by atoms with Crippen LogP contribution in [-0.2, 0) is 16.1 Å². The normalized spacial score (nSPS) is 14.8. The predicted octanol–water partition coefficient (Wildman–Crippen LogP) is 4.47. The van der Waals surface area contributed by atoms with Gasteiger partial charge >= 0.3 is 0 Å². The molecule has 1 saturated heterocycles. The van der Waals surface area contributed by atoms with Crippen molar-refractivity contribution in [3.63, 3.8) is 0 Å². The van der Waals surface area contributed by atoms with Gasteiger partial charge in [-0.15, -0.1) is 0 Å². The summed E-state index contributed by atoms with van der Waals surface area (Å²) < 4.78 is 11.4. The predicted molar refractivity (Wildman–Crippen MR) is 125 cm³/mol. The van der Waals surface area contributed by atoms with E-state index < -0.39 is 0 Å². The zero-order valence-corrected chi connectivity index (χ0v) is 19.0. The van der Waals surface area contributed by atoms with Gasteiger partial charge in [0.1, 0.15) is 12.4 Å². The number of hydrogen-bond acceptors (Lipinski definition) is 4. The fourth-order valence-electron chi connectivity index (χ4n) is 3.49. The fourth-order valence-corrected chi connectivity index (χ4v) is 3.68. The fraction of sp³-hybridized carbons (Fsp3) is 0.400. The molecule has 1 fully saturated rings. The number of amides is 1. The van der Waals surface area contributed by atoms with Crippen LogP contribution in [0.5, 0.6) is 5.75 Å². The van der Waals surface area contributed by atoms with Gasteiger partial charge in [0.2, 0.25) is 5.91 Å². The van der Waals surface area contributed by atoms with Crippen LogP contribution in [0.15, 0.2) is 48.5 Å². The van der Waals surface area contributed by atoms with E-state index in [9.17, 15) is 4.79 Å². The lowest BCUT2D eigenvalue weighted by Crippen LogP contribution is -2.38. The summed E-state index contributed by atoms with van der Waals surface area (Å²) in [5, 5.41) is 3.60. The van der Waals surface area contributed by atoms with Crippen LogP contribution in [0.1, 0.15) is 29.5 Å². The molecule has 1 N–H and O–H groups in total. The summed E-state index contributed by atoms with van der Waals surface area (Å²) in [5.41, 5.74) is 2.91. The third-order valence-corrected chi connectivity index (χ3v) is 5.92. The zero-order valence-electron chi connectivity index (χ0n) is 18.3. The topological polar surface area (TPSA) is 50.8 Å². The average Bonchev–Trinajstić information content (AvgIpc) is 2.79. The number of carbonyl (C=O) groups is 1. The molecule has 1 aliphatic rings. The molecule has 2 aromatic carbocycles. The number of nitrogens with one attached hydrogen (secondary N) is 1. The zero-order chi connectivity index (χ0) is 22.1. The highest BCUT2D eigenvalue weighted by Gasteiger charge is 2.17. The second-order valence-corrected chi connectivity index (χ2v) is 8.29. The third kappa shape index (κ3) is 7.69. The molecule has 0 unspecified atom stereocenters. The van der Waals surface area contributed by atoms with Crippen LogP contribution in [0.4, 0.5) is 0 Å². The Morgan fingerprint density at radius 3 is 2.84 bits per heavy atom. The van der Waals surface area contributed by atoms with Gasteiger partial charge in [-0.05, 0) is 67.8 Å². The van der Waals surface area contributed by atoms with Crippen molar-refractivity contribution in [2.24, 2.45) is 0 Å². The Morgan fingerprint density at radius 2 is 2.06 bits per heavy atom. The first-order valence-electron chi connectivity index (χ1n) is 10.7. The largest absolute Gasteiger partial charge is 0.492 e. The molecule has 166 valence electrons. The van der Waals surface area contributed by atoms with E-state index in [1.165, 1.54) is 6.08 Å². The molecule has 2 aromatic rings. The van der Waals surface area contributed by atoms with Gasteiger partial charge in [-0.1, -0.05) is 35.9 Å². The maximum absolute atomic E-state index is 12.1. The highest BCUT2D eigenvalue weighted by atomic mass is 35.5. The molecule has 0 atom stereocenters. The maximum Gasteiger partial charge on any atom is 0.244 e. The van der Waals surface area contributed by atoms with Crippen molar-refractivity contribution in [2.75, 3.05) is 33.4 Å². The summed E-state index contributed by atoms with van der Waals surface area (Å²) in [4.78, 5) is 14.5. The number of rotatable bonds is 9. The SMILES string of the molecule is Cc1ccc(/C=C/C(=O)NCc2cccc(OCCN(C)C3CCOCC3)c2)cc1Cl. The lowest BCUT2D eigenvalue weighted by molar-refractivity contribution is -0.116. The van der Waals surface area contributed by atoms with Gasteiger partial charge in [0.05, 0.1) is 0 Å². The van der Waals surface area contributed by atoms with Gasteiger partial charge in [0, 0.05) is 43.4 Å². The van der Waals surface area contributed by atoms with Crippen molar-refractivity contribution in [1.29, 1.82) is 0 Å². The van der Waals surface area contributed by atoms with Crippen LogP contribution in [0.25, 0.3) is 6.08 Å². The van der Waals surface area contributed by atoms with E-state index in [-0.39, 0.29) is 5.91 Å². The van der Waals surface area contributed by atoms with E-state index in [4.69, 9.17) is 21.1 Å². The van der Waals surface area contributed by atoms with Crippen molar-refractivity contribution in [3.05, 3.63) is 70.3 Å². The van der Waals surface area contributed by atoms with E-state index in [0.29, 0.717) is 24.2 Å². The standard InChI is InChI=1S/C25H31ClN2O3/c1-19-6-7-20(17-24(19)26)8-9-25(29)27-18-21-4-3-5-23(16-21)31-15-12-28(2)22-10-13-30-14-11-22/h3-9,16-17,22H,10-15,18H2,1-2H3,(H,27,29)/b9-8+. The van der Waals surface area contributed by atoms with Crippen LogP contribution in [0, 0.1) is 6.92 Å². The van der Waals surface area contributed by atoms with E-state index in [1.807, 2.05) is 49.4 Å². The Kier molecular flexibility index (Phi) is 8.95. The summed E-state index contributed by atoms with van der Waals surface area (Å²) in [7, 11) is 2.14. The summed E-state index contributed by atoms with van der Waals surface area (Å²) in [6.07, 6.45) is 5.44. The van der Waals surface area contributed by atoms with Crippen LogP contribution in [0.2, 0.25) is 5.02 Å². The molecule has 1 heterocycles. The average molecular weight is 443 g/mol. The van der Waals surface area contributed by atoms with Crippen LogP contribution in [-0.4, -0.2) is 50.3 Å². The van der Waals surface area contributed by atoms with Crippen molar-refractivity contribution >= 4 is 23.6 Å². The minimum atomic E-state index is -0.152. The molecule has 3 rings (SSSR count). The number of halogens is 1. The molecule has 1 amide bonds. The number of hydrogen-bond donors (Lipinski definition) is 1. The first-order chi connectivity index (χ1) is 15.0. The third-order valence-electron chi connectivity index (χ3n) is 5.52. The Hall–Kier alpha value is -2.34. The van der Waals surface area contributed by atoms with Crippen molar-refractivity contribution < 1.29 is 14.3 Å². The summed E-state index contributed by atoms with van der Waals surface area (Å²) in [5.74, 6) is 0.665. The van der Waals surface area contributed by atoms with Gasteiger partial charge in [-0.2, -0.15) is 0 Å². The van der Waals surface area contributed by atoms with Crippen LogP contribution in [0.3, 0.4) is 0 Å². The summed E-state index contributed by atoms with van der Waals surface area (Å²) in [6.45, 7) is 5.59. The molecule has 0 bridgehead atoms. The number of benzene rings is 2. The van der Waals surface area contributed by atoms with Gasteiger partial charge in [-0.3, -0.25) is 9.69 Å². The minimum Gasteiger partial charge on any atom is -0.492 e. The van der Waals surface area contributed by atoms with Crippen molar-refractivity contribution in [1.82, 2.24) is 10.2 Å². The maximum atomic E-state index is 12.1. The Bertz CT molecular complexity index is 894. The van der Waals surface area contributed by atoms with E-state index in [0.717, 1.165) is 55.0 Å². The van der Waals surface area contributed by atoms with Gasteiger partial charge in [-0.25, -0.2) is 0 Å². The highest BCUT2D eigenvalue weighted by molar-refractivity contribution is 6.31. The summed E-state index contributed by atoms with van der Waals surface area (Å²) in [6, 6.07) is 14.1. The smallest absolute Gasteiger partial charge is 0.244 e. The molecular weight excluding hydrogens is 412 g/mol. The molecule has 0 spiro atoms. The Morgan fingerprint density at radius 1 is 1.26 bits per heavy atom. The second-order valence-electron chi connectivity index (χ2n) is 7.88. The number of aryl methyl sites for hydroxylation is 1. The number of ether oxygens (including phenoxy) is 2. The molecule has 6 heteroatoms. The monoisotopic (exact) mass is 442 g/mol. The van der Waals surface area contributed by atoms with Gasteiger partial charge in [0.25, 0.3) is 0 Å². The van der Waals surface area contributed by atoms with Crippen molar-refractivity contribution in [2.45, 2.75) is 32.4 Å². The van der Waals surface area contributed by atoms with E-state index in [1.54, 1.807) is 6.08 Å². The summed E-state index contributed by atoms with van der Waals surface area (Å²) >= 11 is 6.12. The number of carbonyl (C=O) groups excluding carboxylic acids is 1. The molecular formula is C25H31ClN2O3. The first-order valence-corrected chi connectivity index (χ1v) is 11.1. The van der Waals surface area contributed by atoms with Gasteiger partial charge < -0.3 is 14.8 Å². The molecule has 0 aromatic heterocycles. The lowest BCUT2D eigenvalue weighted by atomic mass is 10.1. The van der Waals surface area contributed by atoms with E-state index in [2.05, 4.69) is 17.3 Å². The van der Waals surface area contributed by atoms with Crippen LogP contribution >= 0.6 is 11.6 Å².